The number of para-hydroxylation sites is 1. The molecule has 0 saturated carbocycles. The summed E-state index contributed by atoms with van der Waals surface area (Å²) in [5, 5.41) is 1.66. The van der Waals surface area contributed by atoms with Crippen molar-refractivity contribution in [3.63, 3.8) is 0 Å². The molecule has 76 valence electrons. The van der Waals surface area contributed by atoms with E-state index in [1.165, 1.54) is 12.0 Å². The molecule has 2 atom stereocenters. The maximum atomic E-state index is 5.33. The summed E-state index contributed by atoms with van der Waals surface area (Å²) in [7, 11) is 1.75. The number of methoxy groups -OCH3 is 1. The van der Waals surface area contributed by atoms with Gasteiger partial charge in [0.25, 0.3) is 0 Å². The Kier molecular flexibility index (Phi) is 3.02. The first kappa shape index (κ1) is 9.91. The highest BCUT2D eigenvalue weighted by atomic mass is 32.2. The summed E-state index contributed by atoms with van der Waals surface area (Å²) < 4.78 is 5.33. The van der Waals surface area contributed by atoms with Gasteiger partial charge in [0.05, 0.1) is 7.11 Å². The normalized spacial score (nSPS) is 25.6. The van der Waals surface area contributed by atoms with Gasteiger partial charge in [0, 0.05) is 10.5 Å². The van der Waals surface area contributed by atoms with Crippen LogP contribution in [0.2, 0.25) is 0 Å². The Labute approximate surface area is 89.9 Å². The van der Waals surface area contributed by atoms with Crippen LogP contribution in [0.4, 0.5) is 0 Å². The Hall–Kier alpha value is -0.630. The van der Waals surface area contributed by atoms with E-state index in [0.29, 0.717) is 0 Å². The van der Waals surface area contributed by atoms with E-state index in [-0.39, 0.29) is 0 Å². The molecule has 0 bridgehead atoms. The van der Waals surface area contributed by atoms with Crippen LogP contribution in [0.25, 0.3) is 0 Å². The molecular weight excluding hydrogens is 192 g/mol. The van der Waals surface area contributed by atoms with Crippen LogP contribution in [0.3, 0.4) is 0 Å². The predicted molar refractivity (Wildman–Crippen MR) is 62.2 cm³/mol. The van der Waals surface area contributed by atoms with Gasteiger partial charge in [-0.05, 0) is 24.5 Å². The molecule has 14 heavy (non-hydrogen) atoms. The van der Waals surface area contributed by atoms with E-state index < -0.39 is 0 Å². The van der Waals surface area contributed by atoms with Crippen molar-refractivity contribution in [3.8, 4) is 5.75 Å². The van der Waals surface area contributed by atoms with Crippen molar-refractivity contribution in [2.75, 3.05) is 7.11 Å². The molecular formula is C12H16OS. The molecule has 0 aromatic heterocycles. The number of hydrogen-bond donors (Lipinski definition) is 0. The van der Waals surface area contributed by atoms with Gasteiger partial charge in [-0.15, -0.1) is 0 Å². The molecule has 2 heteroatoms. The third-order valence-electron chi connectivity index (χ3n) is 2.66. The molecule has 0 spiro atoms. The zero-order chi connectivity index (χ0) is 9.97. The van der Waals surface area contributed by atoms with E-state index in [2.05, 4.69) is 30.8 Å². The van der Waals surface area contributed by atoms with Gasteiger partial charge in [-0.3, -0.25) is 0 Å². The van der Waals surface area contributed by atoms with Crippen LogP contribution in [0.1, 0.15) is 18.9 Å². The first-order valence-electron chi connectivity index (χ1n) is 5.07. The minimum absolute atomic E-state index is 0.807. The van der Waals surface area contributed by atoms with E-state index in [4.69, 9.17) is 4.74 Å². The van der Waals surface area contributed by atoms with Gasteiger partial charge < -0.3 is 4.74 Å². The van der Waals surface area contributed by atoms with Crippen molar-refractivity contribution in [2.24, 2.45) is 0 Å². The van der Waals surface area contributed by atoms with Gasteiger partial charge in [-0.1, -0.05) is 25.1 Å². The van der Waals surface area contributed by atoms with Crippen LogP contribution in [0.5, 0.6) is 5.75 Å². The Morgan fingerprint density at radius 1 is 1.43 bits per heavy atom. The molecule has 1 fully saturated rings. The summed E-state index contributed by atoms with van der Waals surface area (Å²) in [5.74, 6) is 1.03. The Morgan fingerprint density at radius 3 is 2.79 bits per heavy atom. The highest BCUT2D eigenvalue weighted by molar-refractivity contribution is 8.01. The maximum Gasteiger partial charge on any atom is 0.122 e. The largest absolute Gasteiger partial charge is 0.496 e. The van der Waals surface area contributed by atoms with Crippen molar-refractivity contribution in [2.45, 2.75) is 30.3 Å². The number of rotatable bonds is 3. The van der Waals surface area contributed by atoms with E-state index in [1.54, 1.807) is 7.11 Å². The second kappa shape index (κ2) is 4.26. The number of ether oxygens (including phenoxy) is 1. The smallest absolute Gasteiger partial charge is 0.122 e. The van der Waals surface area contributed by atoms with Gasteiger partial charge in [0.15, 0.2) is 0 Å². The number of benzene rings is 1. The fraction of sp³-hybridized carbons (Fsp3) is 0.500. The van der Waals surface area contributed by atoms with Crippen LogP contribution in [0, 0.1) is 0 Å². The summed E-state index contributed by atoms with van der Waals surface area (Å²) in [6.45, 7) is 2.30. The molecule has 1 saturated heterocycles. The number of thioether (sulfide) groups is 1. The molecule has 1 nitrogen and oxygen atoms in total. The maximum absolute atomic E-state index is 5.33. The second-order valence-electron chi connectivity index (χ2n) is 3.82. The molecule has 1 aliphatic heterocycles. The van der Waals surface area contributed by atoms with Gasteiger partial charge in [0.2, 0.25) is 0 Å². The summed E-state index contributed by atoms with van der Waals surface area (Å²) >= 11 is 2.09. The van der Waals surface area contributed by atoms with Crippen molar-refractivity contribution in [1.82, 2.24) is 0 Å². The van der Waals surface area contributed by atoms with E-state index in [0.717, 1.165) is 22.7 Å². The SMILES string of the molecule is COc1ccccc1CC1CC(C)S1. The van der Waals surface area contributed by atoms with Crippen molar-refractivity contribution >= 4 is 11.8 Å². The third kappa shape index (κ3) is 2.06. The molecule has 2 unspecified atom stereocenters. The fourth-order valence-electron chi connectivity index (χ4n) is 1.94. The quantitative estimate of drug-likeness (QED) is 0.754. The highest BCUT2D eigenvalue weighted by Gasteiger charge is 2.26. The average molecular weight is 208 g/mol. The van der Waals surface area contributed by atoms with Crippen LogP contribution in [-0.2, 0) is 6.42 Å². The molecule has 1 heterocycles. The van der Waals surface area contributed by atoms with E-state index in [9.17, 15) is 0 Å². The minimum atomic E-state index is 0.807. The topological polar surface area (TPSA) is 9.23 Å². The molecule has 1 aromatic carbocycles. The first-order valence-corrected chi connectivity index (χ1v) is 6.01. The molecule has 0 aliphatic carbocycles. The zero-order valence-electron chi connectivity index (χ0n) is 8.69. The number of hydrogen-bond acceptors (Lipinski definition) is 2. The molecule has 1 aromatic rings. The summed E-state index contributed by atoms with van der Waals surface area (Å²) in [6, 6.07) is 8.33. The van der Waals surface area contributed by atoms with Gasteiger partial charge in [-0.25, -0.2) is 0 Å². The summed E-state index contributed by atoms with van der Waals surface area (Å²) in [5.41, 5.74) is 1.35. The van der Waals surface area contributed by atoms with Gasteiger partial charge in [0.1, 0.15) is 5.75 Å². The lowest BCUT2D eigenvalue weighted by atomic mass is 10.0. The molecule has 0 radical (unpaired) electrons. The Morgan fingerprint density at radius 2 is 2.14 bits per heavy atom. The Bertz CT molecular complexity index is 305. The molecule has 0 N–H and O–H groups in total. The van der Waals surface area contributed by atoms with Crippen molar-refractivity contribution in [1.29, 1.82) is 0 Å². The standard InChI is InChI=1S/C12H16OS/c1-9-7-11(14-9)8-10-5-3-4-6-12(10)13-2/h3-6,9,11H,7-8H2,1-2H3. The lowest BCUT2D eigenvalue weighted by Crippen LogP contribution is -2.25. The van der Waals surface area contributed by atoms with Gasteiger partial charge >= 0.3 is 0 Å². The van der Waals surface area contributed by atoms with Crippen molar-refractivity contribution < 1.29 is 4.74 Å². The first-order chi connectivity index (χ1) is 6.79. The van der Waals surface area contributed by atoms with Crippen LogP contribution in [0.15, 0.2) is 24.3 Å². The summed E-state index contributed by atoms with van der Waals surface area (Å²) in [4.78, 5) is 0. The third-order valence-corrected chi connectivity index (χ3v) is 4.06. The van der Waals surface area contributed by atoms with Crippen LogP contribution >= 0.6 is 11.8 Å². The minimum Gasteiger partial charge on any atom is -0.496 e. The Balaban J connectivity index is 2.01. The van der Waals surface area contributed by atoms with E-state index in [1.807, 2.05) is 12.1 Å². The predicted octanol–water partition coefficient (Wildman–Crippen LogP) is 3.13. The van der Waals surface area contributed by atoms with Gasteiger partial charge in [-0.2, -0.15) is 11.8 Å². The lowest BCUT2D eigenvalue weighted by Gasteiger charge is -2.32. The molecule has 1 aliphatic rings. The van der Waals surface area contributed by atoms with Crippen LogP contribution < -0.4 is 4.74 Å². The van der Waals surface area contributed by atoms with Crippen LogP contribution in [-0.4, -0.2) is 17.6 Å². The zero-order valence-corrected chi connectivity index (χ0v) is 9.51. The average Bonchev–Trinajstić information content (AvgIpc) is 2.16. The summed E-state index contributed by atoms with van der Waals surface area (Å²) in [6.07, 6.45) is 2.50. The van der Waals surface area contributed by atoms with Crippen molar-refractivity contribution in [3.05, 3.63) is 29.8 Å². The monoisotopic (exact) mass is 208 g/mol. The second-order valence-corrected chi connectivity index (χ2v) is 5.56. The lowest BCUT2D eigenvalue weighted by molar-refractivity contribution is 0.409. The highest BCUT2D eigenvalue weighted by Crippen LogP contribution is 2.39. The van der Waals surface area contributed by atoms with E-state index >= 15 is 0 Å². The molecule has 2 rings (SSSR count). The fourth-order valence-corrected chi connectivity index (χ4v) is 3.25. The molecule has 0 amide bonds.